The Morgan fingerprint density at radius 3 is 1.87 bits per heavy atom. The van der Waals surface area contributed by atoms with E-state index in [1.54, 1.807) is 24.3 Å². The molecule has 0 saturated heterocycles. The van der Waals surface area contributed by atoms with Crippen LogP contribution in [-0.2, 0) is 20.0 Å². The number of nitrogens with zero attached hydrogens (tertiary/aromatic N) is 2. The first-order valence-electron chi connectivity index (χ1n) is 16.8. The van der Waals surface area contributed by atoms with E-state index in [0.717, 1.165) is 36.8 Å². The molecule has 1 aliphatic carbocycles. The first-order valence-corrected chi connectivity index (χ1v) is 18.3. The molecule has 2 aromatic carbocycles. The summed E-state index contributed by atoms with van der Waals surface area (Å²) in [6.07, 6.45) is 12.0. The summed E-state index contributed by atoms with van der Waals surface area (Å²) in [5.41, 5.74) is 2.87. The highest BCUT2D eigenvalue weighted by atomic mass is 32.2. The van der Waals surface area contributed by atoms with Crippen LogP contribution in [0.1, 0.15) is 106 Å². The van der Waals surface area contributed by atoms with Crippen molar-refractivity contribution >= 4 is 9.84 Å². The van der Waals surface area contributed by atoms with Gasteiger partial charge in [0.2, 0.25) is 11.8 Å². The van der Waals surface area contributed by atoms with Crippen molar-refractivity contribution < 1.29 is 22.3 Å². The minimum absolute atomic E-state index is 0.153. The summed E-state index contributed by atoms with van der Waals surface area (Å²) in [5, 5.41) is 8.53. The number of rotatable bonds is 15. The van der Waals surface area contributed by atoms with Crippen LogP contribution in [0.3, 0.4) is 0 Å². The van der Waals surface area contributed by atoms with Gasteiger partial charge in [0.1, 0.15) is 17.1 Å². The van der Waals surface area contributed by atoms with E-state index in [-0.39, 0.29) is 11.0 Å². The maximum absolute atomic E-state index is 13.4. The normalized spacial score (nSPS) is 14.9. The van der Waals surface area contributed by atoms with Crippen molar-refractivity contribution in [2.75, 3.05) is 0 Å². The molecule has 0 bridgehead atoms. The molecule has 0 N–H and O–H groups in total. The van der Waals surface area contributed by atoms with Gasteiger partial charge in [-0.25, -0.2) is 8.42 Å². The maximum atomic E-state index is 13.4. The maximum Gasteiger partial charge on any atom is 0.248 e. The molecular weight excluding hydrogens is 609 g/mol. The van der Waals surface area contributed by atoms with Gasteiger partial charge in [0, 0.05) is 27.4 Å². The largest absolute Gasteiger partial charge is 0.492 e. The van der Waals surface area contributed by atoms with Gasteiger partial charge < -0.3 is 13.9 Å². The van der Waals surface area contributed by atoms with Gasteiger partial charge in [-0.1, -0.05) is 53.7 Å². The van der Waals surface area contributed by atoms with Crippen molar-refractivity contribution in [3.63, 3.8) is 0 Å². The SMILES string of the molecule is CCC(=CC=C(C)OC(C)(CC)CC)S(=O)(=O)C1=CC=C(Oc2ccc(-c3nnc(-c4ccc(C(C)(CC)CC)cc4)o3)cc2)CC1. The highest BCUT2D eigenvalue weighted by Crippen LogP contribution is 2.34. The minimum Gasteiger partial charge on any atom is -0.492 e. The topological polar surface area (TPSA) is 91.5 Å². The predicted molar refractivity (Wildman–Crippen MR) is 190 cm³/mol. The third-order valence-electron chi connectivity index (χ3n) is 9.68. The van der Waals surface area contributed by atoms with E-state index in [1.807, 2.05) is 50.2 Å². The molecule has 1 aromatic heterocycles. The van der Waals surface area contributed by atoms with Crippen molar-refractivity contribution in [3.05, 3.63) is 99.7 Å². The van der Waals surface area contributed by atoms with Gasteiger partial charge in [0.25, 0.3) is 0 Å². The van der Waals surface area contributed by atoms with Crippen molar-refractivity contribution in [1.29, 1.82) is 0 Å². The third kappa shape index (κ3) is 8.52. The molecule has 0 radical (unpaired) electrons. The molecule has 1 aliphatic rings. The number of hydrogen-bond acceptors (Lipinski definition) is 7. The molecule has 0 unspecified atom stereocenters. The third-order valence-corrected chi connectivity index (χ3v) is 11.8. The molecule has 0 saturated carbocycles. The Morgan fingerprint density at radius 1 is 0.809 bits per heavy atom. The van der Waals surface area contributed by atoms with E-state index in [4.69, 9.17) is 13.9 Å². The summed E-state index contributed by atoms with van der Waals surface area (Å²) in [4.78, 5) is 0.755. The number of allylic oxidation sites excluding steroid dienone is 8. The molecule has 252 valence electrons. The smallest absolute Gasteiger partial charge is 0.248 e. The lowest BCUT2D eigenvalue weighted by Gasteiger charge is -2.28. The first-order chi connectivity index (χ1) is 22.4. The fourth-order valence-electron chi connectivity index (χ4n) is 5.45. The highest BCUT2D eigenvalue weighted by molar-refractivity contribution is 7.98. The van der Waals surface area contributed by atoms with Crippen molar-refractivity contribution in [3.8, 4) is 28.7 Å². The van der Waals surface area contributed by atoms with E-state index >= 15 is 0 Å². The van der Waals surface area contributed by atoms with E-state index in [1.165, 1.54) is 5.56 Å². The van der Waals surface area contributed by atoms with Crippen molar-refractivity contribution in [2.24, 2.45) is 0 Å². The Hall–Kier alpha value is -3.91. The number of sulfone groups is 1. The number of hydrogen-bond donors (Lipinski definition) is 0. The van der Waals surface area contributed by atoms with Gasteiger partial charge in [-0.3, -0.25) is 0 Å². The molecule has 7 nitrogen and oxygen atoms in total. The lowest BCUT2D eigenvalue weighted by molar-refractivity contribution is 0.0124. The lowest BCUT2D eigenvalue weighted by atomic mass is 9.78. The Labute approximate surface area is 281 Å². The van der Waals surface area contributed by atoms with Crippen LogP contribution in [-0.4, -0.2) is 24.2 Å². The Morgan fingerprint density at radius 2 is 1.38 bits per heavy atom. The average molecular weight is 659 g/mol. The van der Waals surface area contributed by atoms with Crippen LogP contribution in [0, 0.1) is 0 Å². The summed E-state index contributed by atoms with van der Waals surface area (Å²) in [6.45, 7) is 16.7. The van der Waals surface area contributed by atoms with Crippen LogP contribution >= 0.6 is 0 Å². The average Bonchev–Trinajstić information content (AvgIpc) is 3.59. The first kappa shape index (κ1) is 35.9. The monoisotopic (exact) mass is 658 g/mol. The van der Waals surface area contributed by atoms with Gasteiger partial charge in [-0.2, -0.15) is 0 Å². The molecule has 1 heterocycles. The molecule has 0 fully saturated rings. The molecule has 0 amide bonds. The van der Waals surface area contributed by atoms with Crippen LogP contribution in [0.5, 0.6) is 5.75 Å². The quantitative estimate of drug-likeness (QED) is 0.118. The summed E-state index contributed by atoms with van der Waals surface area (Å²) >= 11 is 0. The summed E-state index contributed by atoms with van der Waals surface area (Å²) in [7, 11) is -3.59. The van der Waals surface area contributed by atoms with Crippen molar-refractivity contribution in [2.45, 2.75) is 111 Å². The zero-order chi connectivity index (χ0) is 34.2. The van der Waals surface area contributed by atoms with Crippen LogP contribution in [0.4, 0.5) is 0 Å². The molecule has 47 heavy (non-hydrogen) atoms. The zero-order valence-corrected chi connectivity index (χ0v) is 30.0. The Kier molecular flexibility index (Phi) is 11.7. The second kappa shape index (κ2) is 15.3. The molecule has 4 rings (SSSR count). The van der Waals surface area contributed by atoms with E-state index < -0.39 is 9.84 Å². The van der Waals surface area contributed by atoms with Crippen LogP contribution < -0.4 is 4.74 Å². The van der Waals surface area contributed by atoms with Crippen LogP contribution in [0.15, 0.2) is 98.6 Å². The minimum atomic E-state index is -3.59. The fraction of sp³-hybridized carbons (Fsp3) is 0.436. The fourth-order valence-corrected chi connectivity index (χ4v) is 7.03. The van der Waals surface area contributed by atoms with Gasteiger partial charge in [0.05, 0.1) is 5.76 Å². The summed E-state index contributed by atoms with van der Waals surface area (Å²) in [5.74, 6) is 2.95. The standard InChI is InChI=1S/C39H50N2O5S/c1-9-34(25-14-28(6)46-39(8,12-4)13-5)47(42,43)35-26-23-33(24-27-35)44-32-21-17-30(18-22-32)37-41-40-36(45-37)29-15-19-31(20-16-29)38(7,10-2)11-3/h14-23,25-26H,9-13,24,27H2,1-8H3. The molecule has 0 atom stereocenters. The van der Waals surface area contributed by atoms with E-state index in [0.29, 0.717) is 58.1 Å². The van der Waals surface area contributed by atoms with Gasteiger partial charge in [-0.15, -0.1) is 10.2 Å². The second-order valence-electron chi connectivity index (χ2n) is 12.7. The number of benzene rings is 2. The molecular formula is C39H50N2O5S. The predicted octanol–water partition coefficient (Wildman–Crippen LogP) is 10.6. The van der Waals surface area contributed by atoms with Gasteiger partial charge >= 0.3 is 0 Å². The summed E-state index contributed by atoms with van der Waals surface area (Å²) < 4.78 is 45.1. The molecule has 3 aromatic rings. The summed E-state index contributed by atoms with van der Waals surface area (Å²) in [6, 6.07) is 15.8. The molecule has 0 aliphatic heterocycles. The van der Waals surface area contributed by atoms with E-state index in [2.05, 4.69) is 63.9 Å². The molecule has 8 heteroatoms. The number of ether oxygens (including phenoxy) is 2. The van der Waals surface area contributed by atoms with Crippen molar-refractivity contribution in [1.82, 2.24) is 10.2 Å². The zero-order valence-electron chi connectivity index (χ0n) is 29.2. The van der Waals surface area contributed by atoms with E-state index in [9.17, 15) is 8.42 Å². The Balaban J connectivity index is 1.41. The highest BCUT2D eigenvalue weighted by Gasteiger charge is 2.25. The van der Waals surface area contributed by atoms with Crippen LogP contribution in [0.2, 0.25) is 0 Å². The lowest BCUT2D eigenvalue weighted by Crippen LogP contribution is -2.25. The molecule has 0 spiro atoms. The van der Waals surface area contributed by atoms with Gasteiger partial charge in [0.15, 0.2) is 9.84 Å². The second-order valence-corrected chi connectivity index (χ2v) is 14.7. The van der Waals surface area contributed by atoms with Gasteiger partial charge in [-0.05, 0) is 124 Å². The Bertz CT molecular complexity index is 1730. The van der Waals surface area contributed by atoms with Crippen LogP contribution in [0.25, 0.3) is 22.9 Å². The number of aromatic nitrogens is 2.